The van der Waals surface area contributed by atoms with Gasteiger partial charge in [-0.1, -0.05) is 25.1 Å². The standard InChI is InChI=1S/C15H22NO7P/c1-2-8-19-14(17)11-16-24(18,22-12-15-20-9-10-21-15)23-13-6-4-3-5-7-13/h3-7,15H,2,8-12H2,1H3,(H,16,18). The van der Waals surface area contributed by atoms with E-state index < -0.39 is 20.0 Å². The first-order chi connectivity index (χ1) is 11.6. The second-order valence-corrected chi connectivity index (χ2v) is 6.68. The maximum atomic E-state index is 12.8. The fraction of sp³-hybridized carbons (Fsp3) is 0.533. The summed E-state index contributed by atoms with van der Waals surface area (Å²) < 4.78 is 39.0. The Morgan fingerprint density at radius 3 is 2.67 bits per heavy atom. The van der Waals surface area contributed by atoms with Crippen molar-refractivity contribution in [1.29, 1.82) is 0 Å². The van der Waals surface area contributed by atoms with Crippen molar-refractivity contribution in [2.45, 2.75) is 19.6 Å². The zero-order valence-corrected chi connectivity index (χ0v) is 14.4. The summed E-state index contributed by atoms with van der Waals surface area (Å²) in [7, 11) is -3.79. The van der Waals surface area contributed by atoms with E-state index in [2.05, 4.69) is 5.09 Å². The Morgan fingerprint density at radius 2 is 2.00 bits per heavy atom. The van der Waals surface area contributed by atoms with Crippen molar-refractivity contribution in [3.05, 3.63) is 30.3 Å². The molecule has 1 aliphatic heterocycles. The number of hydrogen-bond donors (Lipinski definition) is 1. The number of carbonyl (C=O) groups excluding carboxylic acids is 1. The van der Waals surface area contributed by atoms with Crippen LogP contribution in [0.3, 0.4) is 0 Å². The number of esters is 1. The first-order valence-electron chi connectivity index (χ1n) is 7.74. The van der Waals surface area contributed by atoms with E-state index in [1.54, 1.807) is 30.3 Å². The number of rotatable bonds is 10. The van der Waals surface area contributed by atoms with Gasteiger partial charge in [-0.3, -0.25) is 9.32 Å². The number of nitrogens with one attached hydrogen (secondary N) is 1. The highest BCUT2D eigenvalue weighted by Gasteiger charge is 2.30. The maximum Gasteiger partial charge on any atom is 0.459 e. The first kappa shape index (κ1) is 18.9. The molecule has 1 aromatic carbocycles. The summed E-state index contributed by atoms with van der Waals surface area (Å²) in [6.07, 6.45) is 0.100. The second-order valence-electron chi connectivity index (χ2n) is 4.92. The molecule has 8 nitrogen and oxygen atoms in total. The quantitative estimate of drug-likeness (QED) is 0.502. The zero-order chi connectivity index (χ0) is 17.3. The lowest BCUT2D eigenvalue weighted by atomic mass is 10.3. The zero-order valence-electron chi connectivity index (χ0n) is 13.5. The largest absolute Gasteiger partial charge is 0.465 e. The minimum absolute atomic E-state index is 0.0822. The van der Waals surface area contributed by atoms with Crippen LogP contribution in [0, 0.1) is 0 Å². The lowest BCUT2D eigenvalue weighted by molar-refractivity contribution is -0.142. The Hall–Kier alpha value is -1.44. The maximum absolute atomic E-state index is 12.8. The smallest absolute Gasteiger partial charge is 0.459 e. The summed E-state index contributed by atoms with van der Waals surface area (Å²) in [5, 5.41) is 2.50. The SMILES string of the molecule is CCCOC(=O)CNP(=O)(OCC1OCCO1)Oc1ccccc1. The third-order valence-corrected chi connectivity index (χ3v) is 4.41. The Balaban J connectivity index is 1.93. The van der Waals surface area contributed by atoms with Crippen molar-refractivity contribution in [2.75, 3.05) is 33.0 Å². The lowest BCUT2D eigenvalue weighted by Crippen LogP contribution is -2.27. The fourth-order valence-corrected chi connectivity index (χ4v) is 3.06. The van der Waals surface area contributed by atoms with Gasteiger partial charge in [-0.2, -0.15) is 0 Å². The average molecular weight is 359 g/mol. The van der Waals surface area contributed by atoms with E-state index >= 15 is 0 Å². The van der Waals surface area contributed by atoms with Gasteiger partial charge in [-0.15, -0.1) is 0 Å². The monoisotopic (exact) mass is 359 g/mol. The summed E-state index contributed by atoms with van der Waals surface area (Å²) in [4.78, 5) is 11.6. The van der Waals surface area contributed by atoms with Crippen LogP contribution in [0.2, 0.25) is 0 Å². The molecule has 1 atom stereocenters. The second kappa shape index (κ2) is 9.76. The summed E-state index contributed by atoms with van der Waals surface area (Å²) in [5.41, 5.74) is 0. The molecule has 24 heavy (non-hydrogen) atoms. The van der Waals surface area contributed by atoms with E-state index in [0.29, 0.717) is 32.0 Å². The molecule has 0 amide bonds. The normalized spacial score (nSPS) is 17.4. The van der Waals surface area contributed by atoms with Crippen LogP contribution in [0.4, 0.5) is 0 Å². The third-order valence-electron chi connectivity index (χ3n) is 2.92. The molecule has 134 valence electrons. The molecule has 1 heterocycles. The molecule has 9 heteroatoms. The first-order valence-corrected chi connectivity index (χ1v) is 9.29. The molecule has 2 rings (SSSR count). The molecular weight excluding hydrogens is 337 g/mol. The molecule has 1 aromatic rings. The van der Waals surface area contributed by atoms with Gasteiger partial charge < -0.3 is 18.7 Å². The van der Waals surface area contributed by atoms with Crippen LogP contribution < -0.4 is 9.61 Å². The molecule has 0 saturated carbocycles. The van der Waals surface area contributed by atoms with E-state index in [9.17, 15) is 9.36 Å². The predicted molar refractivity (Wildman–Crippen MR) is 85.6 cm³/mol. The van der Waals surface area contributed by atoms with Gasteiger partial charge in [0.15, 0.2) is 6.29 Å². The van der Waals surface area contributed by atoms with Crippen LogP contribution in [0.25, 0.3) is 0 Å². The van der Waals surface area contributed by atoms with Crippen LogP contribution >= 0.6 is 7.75 Å². The Morgan fingerprint density at radius 1 is 1.29 bits per heavy atom. The minimum Gasteiger partial charge on any atom is -0.465 e. The van der Waals surface area contributed by atoms with Gasteiger partial charge in [-0.25, -0.2) is 9.65 Å². The molecule has 1 unspecified atom stereocenters. The van der Waals surface area contributed by atoms with Crippen LogP contribution in [0.5, 0.6) is 5.75 Å². The van der Waals surface area contributed by atoms with E-state index in [1.165, 1.54) is 0 Å². The van der Waals surface area contributed by atoms with Crippen LogP contribution in [-0.4, -0.2) is 45.2 Å². The molecule has 0 aliphatic carbocycles. The molecule has 0 spiro atoms. The van der Waals surface area contributed by atoms with Crippen molar-refractivity contribution in [2.24, 2.45) is 0 Å². The summed E-state index contributed by atoms with van der Waals surface area (Å²) in [6, 6.07) is 8.54. The van der Waals surface area contributed by atoms with Gasteiger partial charge in [-0.05, 0) is 18.6 Å². The van der Waals surface area contributed by atoms with Gasteiger partial charge in [0.2, 0.25) is 0 Å². The minimum atomic E-state index is -3.79. The number of para-hydroxylation sites is 1. The van der Waals surface area contributed by atoms with Crippen LogP contribution in [0.15, 0.2) is 30.3 Å². The summed E-state index contributed by atoms with van der Waals surface area (Å²) in [6.45, 7) is 2.71. The van der Waals surface area contributed by atoms with Gasteiger partial charge >= 0.3 is 13.7 Å². The van der Waals surface area contributed by atoms with Crippen molar-refractivity contribution in [3.63, 3.8) is 0 Å². The third kappa shape index (κ3) is 6.59. The molecule has 1 fully saturated rings. The highest BCUT2D eigenvalue weighted by molar-refractivity contribution is 7.52. The topological polar surface area (TPSA) is 92.3 Å². The lowest BCUT2D eigenvalue weighted by Gasteiger charge is -2.20. The van der Waals surface area contributed by atoms with Gasteiger partial charge in [0.05, 0.1) is 19.8 Å². The molecule has 1 saturated heterocycles. The van der Waals surface area contributed by atoms with E-state index in [-0.39, 0.29) is 13.2 Å². The summed E-state index contributed by atoms with van der Waals surface area (Å²) in [5.74, 6) is -0.186. The average Bonchev–Trinajstić information content (AvgIpc) is 3.11. The molecule has 0 bridgehead atoms. The summed E-state index contributed by atoms with van der Waals surface area (Å²) >= 11 is 0. The van der Waals surface area contributed by atoms with Crippen LogP contribution in [0.1, 0.15) is 13.3 Å². The molecule has 0 aromatic heterocycles. The molecule has 0 radical (unpaired) electrons. The number of carbonyl (C=O) groups is 1. The molecule has 1 N–H and O–H groups in total. The Labute approximate surface area is 141 Å². The molecule has 1 aliphatic rings. The number of hydrogen-bond acceptors (Lipinski definition) is 7. The van der Waals surface area contributed by atoms with Gasteiger partial charge in [0.1, 0.15) is 18.9 Å². The van der Waals surface area contributed by atoms with Crippen molar-refractivity contribution >= 4 is 13.7 Å². The molecular formula is C15H22NO7P. The van der Waals surface area contributed by atoms with E-state index in [0.717, 1.165) is 0 Å². The number of ether oxygens (including phenoxy) is 3. The van der Waals surface area contributed by atoms with Crippen LogP contribution in [-0.2, 0) is 28.1 Å². The van der Waals surface area contributed by atoms with E-state index in [1.807, 2.05) is 6.92 Å². The Bertz CT molecular complexity index is 548. The van der Waals surface area contributed by atoms with Crippen molar-refractivity contribution in [1.82, 2.24) is 5.09 Å². The van der Waals surface area contributed by atoms with Crippen molar-refractivity contribution in [3.8, 4) is 5.75 Å². The predicted octanol–water partition coefficient (Wildman–Crippen LogP) is 2.11. The highest BCUT2D eigenvalue weighted by atomic mass is 31.2. The Kier molecular flexibility index (Phi) is 7.68. The van der Waals surface area contributed by atoms with Gasteiger partial charge in [0.25, 0.3) is 0 Å². The van der Waals surface area contributed by atoms with Gasteiger partial charge in [0, 0.05) is 0 Å². The van der Waals surface area contributed by atoms with Crippen molar-refractivity contribution < 1.29 is 32.6 Å². The fourth-order valence-electron chi connectivity index (χ4n) is 1.82. The highest BCUT2D eigenvalue weighted by Crippen LogP contribution is 2.44. The van der Waals surface area contributed by atoms with E-state index in [4.69, 9.17) is 23.3 Å². The number of benzene rings is 1.